The summed E-state index contributed by atoms with van der Waals surface area (Å²) in [5.74, 6) is 0.894. The van der Waals surface area contributed by atoms with Gasteiger partial charge in [0.25, 0.3) is 0 Å². The van der Waals surface area contributed by atoms with Crippen molar-refractivity contribution in [3.8, 4) is 0 Å². The van der Waals surface area contributed by atoms with Crippen LogP contribution >= 0.6 is 0 Å². The van der Waals surface area contributed by atoms with Crippen LogP contribution in [0.25, 0.3) is 0 Å². The molecule has 18 heavy (non-hydrogen) atoms. The average molecular weight is 241 g/mol. The SMILES string of the molecule is CNCc1cc(C)nc(Cc2cccc(C)c2)n1. The lowest BCUT2D eigenvalue weighted by Crippen LogP contribution is -2.10. The minimum Gasteiger partial charge on any atom is -0.314 e. The van der Waals surface area contributed by atoms with Gasteiger partial charge in [-0.3, -0.25) is 0 Å². The summed E-state index contributed by atoms with van der Waals surface area (Å²) in [6.07, 6.45) is 0.792. The van der Waals surface area contributed by atoms with Gasteiger partial charge in [-0.2, -0.15) is 0 Å². The summed E-state index contributed by atoms with van der Waals surface area (Å²) >= 11 is 0. The van der Waals surface area contributed by atoms with Crippen LogP contribution in [-0.2, 0) is 13.0 Å². The van der Waals surface area contributed by atoms with Gasteiger partial charge in [0.05, 0.1) is 5.69 Å². The third kappa shape index (κ3) is 3.37. The fourth-order valence-corrected chi connectivity index (χ4v) is 2.06. The molecule has 1 aromatic carbocycles. The molecule has 3 nitrogen and oxygen atoms in total. The largest absolute Gasteiger partial charge is 0.314 e. The van der Waals surface area contributed by atoms with E-state index in [2.05, 4.69) is 46.5 Å². The Kier molecular flexibility index (Phi) is 4.05. The molecule has 2 rings (SSSR count). The Morgan fingerprint density at radius 2 is 1.94 bits per heavy atom. The van der Waals surface area contributed by atoms with E-state index in [0.29, 0.717) is 0 Å². The molecule has 94 valence electrons. The minimum atomic E-state index is 0.782. The van der Waals surface area contributed by atoms with Crippen molar-refractivity contribution in [1.29, 1.82) is 0 Å². The van der Waals surface area contributed by atoms with Crippen molar-refractivity contribution >= 4 is 0 Å². The third-order valence-corrected chi connectivity index (χ3v) is 2.76. The maximum absolute atomic E-state index is 4.57. The highest BCUT2D eigenvalue weighted by atomic mass is 14.9. The molecule has 0 bridgehead atoms. The molecule has 0 radical (unpaired) electrons. The van der Waals surface area contributed by atoms with Gasteiger partial charge in [0.15, 0.2) is 0 Å². The Hall–Kier alpha value is -1.74. The lowest BCUT2D eigenvalue weighted by Gasteiger charge is -2.06. The van der Waals surface area contributed by atoms with Gasteiger partial charge in [-0.1, -0.05) is 29.8 Å². The molecule has 0 saturated carbocycles. The van der Waals surface area contributed by atoms with Gasteiger partial charge in [-0.05, 0) is 32.5 Å². The highest BCUT2D eigenvalue weighted by Gasteiger charge is 2.03. The normalized spacial score (nSPS) is 10.6. The first-order chi connectivity index (χ1) is 8.67. The molecule has 2 aromatic rings. The molecule has 0 saturated heterocycles. The maximum atomic E-state index is 4.57. The highest BCUT2D eigenvalue weighted by Crippen LogP contribution is 2.09. The predicted molar refractivity (Wildman–Crippen MR) is 73.5 cm³/mol. The molecule has 0 aliphatic carbocycles. The Morgan fingerprint density at radius 1 is 1.11 bits per heavy atom. The molecule has 0 atom stereocenters. The Labute approximate surface area is 108 Å². The fraction of sp³-hybridized carbons (Fsp3) is 0.333. The van der Waals surface area contributed by atoms with Crippen molar-refractivity contribution in [2.24, 2.45) is 0 Å². The molecule has 0 amide bonds. The average Bonchev–Trinajstić information content (AvgIpc) is 2.28. The van der Waals surface area contributed by atoms with Crippen molar-refractivity contribution < 1.29 is 0 Å². The topological polar surface area (TPSA) is 37.8 Å². The van der Waals surface area contributed by atoms with E-state index in [-0.39, 0.29) is 0 Å². The van der Waals surface area contributed by atoms with Crippen LogP contribution in [-0.4, -0.2) is 17.0 Å². The van der Waals surface area contributed by atoms with E-state index >= 15 is 0 Å². The van der Waals surface area contributed by atoms with Gasteiger partial charge in [-0.25, -0.2) is 9.97 Å². The van der Waals surface area contributed by atoms with Gasteiger partial charge >= 0.3 is 0 Å². The molecule has 0 aliphatic heterocycles. The van der Waals surface area contributed by atoms with Crippen LogP contribution in [0.4, 0.5) is 0 Å². The molecule has 1 heterocycles. The van der Waals surface area contributed by atoms with E-state index in [9.17, 15) is 0 Å². The second-order valence-electron chi connectivity index (χ2n) is 4.61. The number of aryl methyl sites for hydroxylation is 2. The molecule has 0 aliphatic rings. The molecule has 1 aromatic heterocycles. The number of aromatic nitrogens is 2. The first-order valence-electron chi connectivity index (χ1n) is 6.21. The second kappa shape index (κ2) is 5.74. The van der Waals surface area contributed by atoms with E-state index in [4.69, 9.17) is 0 Å². The summed E-state index contributed by atoms with van der Waals surface area (Å²) in [4.78, 5) is 9.08. The van der Waals surface area contributed by atoms with Gasteiger partial charge in [0, 0.05) is 18.7 Å². The van der Waals surface area contributed by atoms with Gasteiger partial charge in [0.1, 0.15) is 5.82 Å². The van der Waals surface area contributed by atoms with Gasteiger partial charge in [-0.15, -0.1) is 0 Å². The highest BCUT2D eigenvalue weighted by molar-refractivity contribution is 5.25. The zero-order chi connectivity index (χ0) is 13.0. The Morgan fingerprint density at radius 3 is 2.67 bits per heavy atom. The van der Waals surface area contributed by atoms with Crippen LogP contribution in [0.5, 0.6) is 0 Å². The predicted octanol–water partition coefficient (Wildman–Crippen LogP) is 2.40. The van der Waals surface area contributed by atoms with Crippen LogP contribution in [0.15, 0.2) is 30.3 Å². The number of hydrogen-bond acceptors (Lipinski definition) is 3. The molecular weight excluding hydrogens is 222 g/mol. The Balaban J connectivity index is 2.23. The first kappa shape index (κ1) is 12.7. The molecule has 1 N–H and O–H groups in total. The minimum absolute atomic E-state index is 0.782. The zero-order valence-electron chi connectivity index (χ0n) is 11.2. The number of nitrogens with one attached hydrogen (secondary N) is 1. The summed E-state index contributed by atoms with van der Waals surface area (Å²) in [5, 5.41) is 3.12. The van der Waals surface area contributed by atoms with E-state index in [0.717, 1.165) is 30.2 Å². The number of benzene rings is 1. The van der Waals surface area contributed by atoms with Crippen molar-refractivity contribution in [3.05, 3.63) is 58.7 Å². The number of rotatable bonds is 4. The molecule has 0 spiro atoms. The summed E-state index contributed by atoms with van der Waals surface area (Å²) < 4.78 is 0. The van der Waals surface area contributed by atoms with Gasteiger partial charge < -0.3 is 5.32 Å². The summed E-state index contributed by atoms with van der Waals surface area (Å²) in [7, 11) is 1.93. The van der Waals surface area contributed by atoms with Crippen LogP contribution in [0.2, 0.25) is 0 Å². The van der Waals surface area contributed by atoms with Crippen molar-refractivity contribution in [3.63, 3.8) is 0 Å². The van der Waals surface area contributed by atoms with Crippen molar-refractivity contribution in [1.82, 2.24) is 15.3 Å². The molecule has 0 fully saturated rings. The monoisotopic (exact) mass is 241 g/mol. The summed E-state index contributed by atoms with van der Waals surface area (Å²) in [6.45, 7) is 4.90. The van der Waals surface area contributed by atoms with E-state index in [1.54, 1.807) is 0 Å². The Bertz CT molecular complexity index is 535. The molecule has 0 unspecified atom stereocenters. The van der Waals surface area contributed by atoms with Crippen LogP contribution < -0.4 is 5.32 Å². The standard InChI is InChI=1S/C15H19N3/c1-11-5-4-6-13(7-11)9-15-17-12(2)8-14(18-15)10-16-3/h4-8,16H,9-10H2,1-3H3. The molecular formula is C15H19N3. The van der Waals surface area contributed by atoms with Crippen LogP contribution in [0, 0.1) is 13.8 Å². The maximum Gasteiger partial charge on any atom is 0.133 e. The first-order valence-corrected chi connectivity index (χ1v) is 6.21. The van der Waals surface area contributed by atoms with Crippen LogP contribution in [0.3, 0.4) is 0 Å². The quantitative estimate of drug-likeness (QED) is 0.893. The third-order valence-electron chi connectivity index (χ3n) is 2.76. The van der Waals surface area contributed by atoms with Crippen molar-refractivity contribution in [2.75, 3.05) is 7.05 Å². The number of hydrogen-bond donors (Lipinski definition) is 1. The lowest BCUT2D eigenvalue weighted by atomic mass is 10.1. The van der Waals surface area contributed by atoms with E-state index < -0.39 is 0 Å². The number of nitrogens with zero attached hydrogens (tertiary/aromatic N) is 2. The summed E-state index contributed by atoms with van der Waals surface area (Å²) in [5.41, 5.74) is 4.61. The zero-order valence-corrected chi connectivity index (χ0v) is 11.2. The lowest BCUT2D eigenvalue weighted by molar-refractivity contribution is 0.767. The van der Waals surface area contributed by atoms with Crippen molar-refractivity contribution in [2.45, 2.75) is 26.8 Å². The van der Waals surface area contributed by atoms with Gasteiger partial charge in [0.2, 0.25) is 0 Å². The summed E-state index contributed by atoms with van der Waals surface area (Å²) in [6, 6.07) is 10.5. The van der Waals surface area contributed by atoms with E-state index in [1.807, 2.05) is 20.0 Å². The molecule has 3 heteroatoms. The second-order valence-corrected chi connectivity index (χ2v) is 4.61. The van der Waals surface area contributed by atoms with Crippen LogP contribution in [0.1, 0.15) is 28.3 Å². The fourth-order valence-electron chi connectivity index (χ4n) is 2.06. The van der Waals surface area contributed by atoms with E-state index in [1.165, 1.54) is 11.1 Å². The smallest absolute Gasteiger partial charge is 0.133 e.